The van der Waals surface area contributed by atoms with E-state index in [1.165, 1.54) is 4.31 Å². The van der Waals surface area contributed by atoms with Crippen LogP contribution >= 0.6 is 11.6 Å². The number of rotatable bonds is 6. The van der Waals surface area contributed by atoms with Crippen LogP contribution in [-0.2, 0) is 14.8 Å². The number of anilines is 2. The lowest BCUT2D eigenvalue weighted by Gasteiger charge is -2.37. The van der Waals surface area contributed by atoms with Crippen LogP contribution in [0.15, 0.2) is 42.5 Å². The van der Waals surface area contributed by atoms with Gasteiger partial charge in [0.05, 0.1) is 11.9 Å². The van der Waals surface area contributed by atoms with Crippen LogP contribution in [-0.4, -0.2) is 58.2 Å². The first-order valence-electron chi connectivity index (χ1n) is 10.4. The minimum atomic E-state index is -3.61. The fourth-order valence-electron chi connectivity index (χ4n) is 3.93. The average molecular weight is 464 g/mol. The molecule has 2 aromatic rings. The molecule has 3 rings (SSSR count). The Kier molecular flexibility index (Phi) is 7.17. The van der Waals surface area contributed by atoms with Gasteiger partial charge in [-0.1, -0.05) is 49.7 Å². The zero-order chi connectivity index (χ0) is 22.8. The van der Waals surface area contributed by atoms with Gasteiger partial charge in [0.25, 0.3) is 0 Å². The first-order chi connectivity index (χ1) is 14.6. The number of hydrogen-bond donors (Lipinski definition) is 0. The molecule has 1 aliphatic rings. The third-order valence-electron chi connectivity index (χ3n) is 5.65. The van der Waals surface area contributed by atoms with E-state index in [2.05, 4.69) is 4.90 Å². The highest BCUT2D eigenvalue weighted by Crippen LogP contribution is 2.29. The summed E-state index contributed by atoms with van der Waals surface area (Å²) in [7, 11) is -3.61. The fourth-order valence-corrected chi connectivity index (χ4v) is 4.96. The first-order valence-corrected chi connectivity index (χ1v) is 12.7. The van der Waals surface area contributed by atoms with Crippen LogP contribution in [0.2, 0.25) is 5.02 Å². The van der Waals surface area contributed by atoms with Gasteiger partial charge in [0, 0.05) is 36.9 Å². The van der Waals surface area contributed by atoms with E-state index in [1.807, 2.05) is 51.1 Å². The highest BCUT2D eigenvalue weighted by Gasteiger charge is 2.28. The molecule has 1 amide bonds. The molecule has 0 saturated carbocycles. The zero-order valence-electron chi connectivity index (χ0n) is 18.5. The van der Waals surface area contributed by atoms with Crippen LogP contribution < -0.4 is 9.21 Å². The number of carbonyl (C=O) groups is 1. The summed E-state index contributed by atoms with van der Waals surface area (Å²) in [6, 6.07) is 13.2. The van der Waals surface area contributed by atoms with Crippen molar-refractivity contribution in [3.8, 4) is 0 Å². The third kappa shape index (κ3) is 5.52. The first kappa shape index (κ1) is 23.4. The molecule has 0 bridgehead atoms. The third-order valence-corrected chi connectivity index (χ3v) is 7.01. The summed E-state index contributed by atoms with van der Waals surface area (Å²) in [5.41, 5.74) is 3.68. The molecule has 1 heterocycles. The second-order valence-electron chi connectivity index (χ2n) is 8.28. The van der Waals surface area contributed by atoms with Crippen LogP contribution in [0.1, 0.15) is 30.9 Å². The Bertz CT molecular complexity index is 1050. The average Bonchev–Trinajstić information content (AvgIpc) is 2.73. The van der Waals surface area contributed by atoms with Crippen LogP contribution in [0.4, 0.5) is 11.4 Å². The zero-order valence-corrected chi connectivity index (χ0v) is 20.1. The van der Waals surface area contributed by atoms with Crippen LogP contribution in [0, 0.1) is 6.92 Å². The number of aryl methyl sites for hydroxylation is 1. The van der Waals surface area contributed by atoms with E-state index in [1.54, 1.807) is 17.0 Å². The SMILES string of the molecule is Cc1ccc(Cl)cc1N1CCN(C(=O)CN(c2ccccc2C(C)C)S(C)(=O)=O)CC1. The molecule has 0 radical (unpaired) electrons. The van der Waals surface area contributed by atoms with E-state index in [4.69, 9.17) is 11.6 Å². The molecule has 2 aromatic carbocycles. The highest BCUT2D eigenvalue weighted by atomic mass is 35.5. The van der Waals surface area contributed by atoms with Gasteiger partial charge in [0.2, 0.25) is 15.9 Å². The molecular weight excluding hydrogens is 434 g/mol. The Morgan fingerprint density at radius 2 is 1.74 bits per heavy atom. The van der Waals surface area contributed by atoms with Gasteiger partial charge in [-0.2, -0.15) is 0 Å². The molecule has 8 heteroatoms. The van der Waals surface area contributed by atoms with E-state index in [0.717, 1.165) is 23.1 Å². The number of carbonyl (C=O) groups excluding carboxylic acids is 1. The van der Waals surface area contributed by atoms with Gasteiger partial charge in [-0.3, -0.25) is 9.10 Å². The van der Waals surface area contributed by atoms with Crippen molar-refractivity contribution < 1.29 is 13.2 Å². The van der Waals surface area contributed by atoms with E-state index in [9.17, 15) is 13.2 Å². The van der Waals surface area contributed by atoms with Crippen LogP contribution in [0.25, 0.3) is 0 Å². The maximum absolute atomic E-state index is 13.1. The van der Waals surface area contributed by atoms with Gasteiger partial charge >= 0.3 is 0 Å². The number of halogens is 1. The van der Waals surface area contributed by atoms with Crippen LogP contribution in [0.5, 0.6) is 0 Å². The van der Waals surface area contributed by atoms with E-state index >= 15 is 0 Å². The smallest absolute Gasteiger partial charge is 0.243 e. The van der Waals surface area contributed by atoms with E-state index in [0.29, 0.717) is 36.9 Å². The Balaban J connectivity index is 1.74. The van der Waals surface area contributed by atoms with Crippen molar-refractivity contribution >= 4 is 38.9 Å². The summed E-state index contributed by atoms with van der Waals surface area (Å²) in [5.74, 6) is -0.0496. The monoisotopic (exact) mass is 463 g/mol. The molecule has 0 unspecified atom stereocenters. The standard InChI is InChI=1S/C23H30ClN3O3S/c1-17(2)20-7-5-6-8-21(20)27(31(4,29)30)16-23(28)26-13-11-25(12-14-26)22-15-19(24)10-9-18(22)3/h5-10,15,17H,11-14,16H2,1-4H3. The maximum atomic E-state index is 13.1. The summed E-state index contributed by atoms with van der Waals surface area (Å²) in [4.78, 5) is 17.0. The van der Waals surface area contributed by atoms with Crippen molar-refractivity contribution in [2.45, 2.75) is 26.7 Å². The number of amides is 1. The molecule has 0 aliphatic carbocycles. The molecule has 0 aromatic heterocycles. The molecule has 31 heavy (non-hydrogen) atoms. The Morgan fingerprint density at radius 3 is 2.35 bits per heavy atom. The number of para-hydroxylation sites is 1. The predicted octanol–water partition coefficient (Wildman–Crippen LogP) is 3.89. The molecule has 1 aliphatic heterocycles. The molecule has 0 N–H and O–H groups in total. The maximum Gasteiger partial charge on any atom is 0.243 e. The van der Waals surface area contributed by atoms with Crippen molar-refractivity contribution in [3.63, 3.8) is 0 Å². The Hall–Kier alpha value is -2.25. The lowest BCUT2D eigenvalue weighted by atomic mass is 10.0. The molecule has 0 spiro atoms. The highest BCUT2D eigenvalue weighted by molar-refractivity contribution is 7.92. The number of piperazine rings is 1. The minimum Gasteiger partial charge on any atom is -0.368 e. The van der Waals surface area contributed by atoms with Gasteiger partial charge in [0.1, 0.15) is 6.54 Å². The van der Waals surface area contributed by atoms with Crippen molar-refractivity contribution in [1.82, 2.24) is 4.90 Å². The van der Waals surface area contributed by atoms with Gasteiger partial charge in [-0.25, -0.2) is 8.42 Å². The molecule has 1 fully saturated rings. The normalized spacial score (nSPS) is 14.8. The number of nitrogens with zero attached hydrogens (tertiary/aromatic N) is 3. The van der Waals surface area contributed by atoms with Gasteiger partial charge in [-0.05, 0) is 42.2 Å². The molecule has 168 valence electrons. The number of benzene rings is 2. The minimum absolute atomic E-state index is 0.139. The summed E-state index contributed by atoms with van der Waals surface area (Å²) in [6.07, 6.45) is 1.15. The molecular formula is C23H30ClN3O3S. The van der Waals surface area contributed by atoms with Crippen molar-refractivity contribution in [2.24, 2.45) is 0 Å². The lowest BCUT2D eigenvalue weighted by molar-refractivity contribution is -0.129. The molecule has 6 nitrogen and oxygen atoms in total. The van der Waals surface area contributed by atoms with Gasteiger partial charge in [-0.15, -0.1) is 0 Å². The van der Waals surface area contributed by atoms with E-state index in [-0.39, 0.29) is 18.4 Å². The van der Waals surface area contributed by atoms with Gasteiger partial charge < -0.3 is 9.80 Å². The summed E-state index contributed by atoms with van der Waals surface area (Å²) >= 11 is 6.15. The largest absolute Gasteiger partial charge is 0.368 e. The predicted molar refractivity (Wildman–Crippen MR) is 128 cm³/mol. The Labute approximate surface area is 190 Å². The van der Waals surface area contributed by atoms with Crippen molar-refractivity contribution in [1.29, 1.82) is 0 Å². The summed E-state index contributed by atoms with van der Waals surface area (Å²) in [6.45, 7) is 8.29. The topological polar surface area (TPSA) is 60.9 Å². The number of sulfonamides is 1. The Morgan fingerprint density at radius 1 is 1.10 bits per heavy atom. The quantitative estimate of drug-likeness (QED) is 0.652. The molecule has 0 atom stereocenters. The second-order valence-corrected chi connectivity index (χ2v) is 10.6. The van der Waals surface area contributed by atoms with Crippen molar-refractivity contribution in [3.05, 3.63) is 58.6 Å². The van der Waals surface area contributed by atoms with Gasteiger partial charge in [0.15, 0.2) is 0 Å². The lowest BCUT2D eigenvalue weighted by Crippen LogP contribution is -2.52. The fraction of sp³-hybridized carbons (Fsp3) is 0.435. The summed E-state index contributed by atoms with van der Waals surface area (Å²) < 4.78 is 26.4. The van der Waals surface area contributed by atoms with Crippen molar-refractivity contribution in [2.75, 3.05) is 48.2 Å². The second kappa shape index (κ2) is 9.49. The summed E-state index contributed by atoms with van der Waals surface area (Å²) in [5, 5.41) is 0.687. The van der Waals surface area contributed by atoms with Crippen LogP contribution in [0.3, 0.4) is 0 Å². The molecule has 1 saturated heterocycles. The van der Waals surface area contributed by atoms with E-state index < -0.39 is 10.0 Å². The number of hydrogen-bond acceptors (Lipinski definition) is 4.